The van der Waals surface area contributed by atoms with Crippen LogP contribution in [0.25, 0.3) is 0 Å². The second-order valence-corrected chi connectivity index (χ2v) is 8.72. The molecule has 1 aromatic heterocycles. The zero-order valence-electron chi connectivity index (χ0n) is 17.4. The van der Waals surface area contributed by atoms with Gasteiger partial charge in [0.15, 0.2) is 5.96 Å². The Hall–Kier alpha value is -1.19. The average molecular weight is 529 g/mol. The lowest BCUT2D eigenvalue weighted by atomic mass is 9.96. The molecule has 2 aromatic rings. The van der Waals surface area contributed by atoms with Gasteiger partial charge in [-0.1, -0.05) is 30.3 Å². The van der Waals surface area contributed by atoms with Crippen LogP contribution < -0.4 is 10.6 Å². The number of rotatable bonds is 8. The normalized spacial score (nSPS) is 15.8. The molecule has 1 heterocycles. The van der Waals surface area contributed by atoms with Crippen molar-refractivity contribution in [2.45, 2.75) is 58.0 Å². The Balaban J connectivity index is 0.00000300. The molecular formula is C22H33IN4OS. The van der Waals surface area contributed by atoms with Gasteiger partial charge in [-0.15, -0.1) is 35.3 Å². The summed E-state index contributed by atoms with van der Waals surface area (Å²) in [5, 5.41) is 18.6. The summed E-state index contributed by atoms with van der Waals surface area (Å²) in [6, 6.07) is 9.70. The summed E-state index contributed by atoms with van der Waals surface area (Å²) >= 11 is 1.90. The standard InChI is InChI=1S/C22H32N4OS.HI/c1-3-23-21(25-16-22(2,27)17-10-5-4-6-11-17)24-15-9-14-20-26-18-12-7-8-13-19(18)28-20;/h4-6,10-11,27H,3,7-9,12-16H2,1-2H3,(H2,23,24,25);1H. The number of halogens is 1. The molecule has 0 radical (unpaired) electrons. The Labute approximate surface area is 195 Å². The first-order valence-corrected chi connectivity index (χ1v) is 11.2. The number of nitrogens with one attached hydrogen (secondary N) is 2. The number of hydrogen-bond acceptors (Lipinski definition) is 4. The van der Waals surface area contributed by atoms with Crippen LogP contribution in [0.1, 0.15) is 54.3 Å². The van der Waals surface area contributed by atoms with E-state index in [4.69, 9.17) is 4.98 Å². The third kappa shape index (κ3) is 7.22. The van der Waals surface area contributed by atoms with Crippen LogP contribution in [0.2, 0.25) is 0 Å². The molecule has 0 fully saturated rings. The number of thiazole rings is 1. The highest BCUT2D eigenvalue weighted by Gasteiger charge is 2.22. The maximum absolute atomic E-state index is 10.7. The summed E-state index contributed by atoms with van der Waals surface area (Å²) in [5.74, 6) is 0.747. The third-order valence-corrected chi connectivity index (χ3v) is 6.25. The van der Waals surface area contributed by atoms with E-state index in [0.717, 1.165) is 43.9 Å². The summed E-state index contributed by atoms with van der Waals surface area (Å²) in [6.45, 7) is 5.79. The second-order valence-electron chi connectivity index (χ2n) is 7.55. The fraction of sp³-hybridized carbons (Fsp3) is 0.545. The Kier molecular flexibility index (Phi) is 9.85. The van der Waals surface area contributed by atoms with Crippen LogP contribution in [0.5, 0.6) is 0 Å². The van der Waals surface area contributed by atoms with Crippen LogP contribution in [0.15, 0.2) is 35.3 Å². The van der Waals surface area contributed by atoms with Gasteiger partial charge >= 0.3 is 0 Å². The number of aliphatic hydroxyl groups is 1. The highest BCUT2D eigenvalue weighted by molar-refractivity contribution is 14.0. The average Bonchev–Trinajstić information content (AvgIpc) is 3.13. The summed E-state index contributed by atoms with van der Waals surface area (Å²) in [4.78, 5) is 10.9. The predicted molar refractivity (Wildman–Crippen MR) is 132 cm³/mol. The number of benzene rings is 1. The molecule has 160 valence electrons. The Morgan fingerprint density at radius 1 is 1.21 bits per heavy atom. The van der Waals surface area contributed by atoms with E-state index in [1.807, 2.05) is 48.6 Å². The number of guanidine groups is 1. The lowest BCUT2D eigenvalue weighted by Gasteiger charge is -2.22. The molecule has 1 aliphatic rings. The maximum atomic E-state index is 10.7. The highest BCUT2D eigenvalue weighted by Crippen LogP contribution is 2.27. The maximum Gasteiger partial charge on any atom is 0.191 e. The van der Waals surface area contributed by atoms with E-state index >= 15 is 0 Å². The third-order valence-electron chi connectivity index (χ3n) is 5.03. The largest absolute Gasteiger partial charge is 0.384 e. The first kappa shape index (κ1) is 24.1. The molecule has 1 aliphatic carbocycles. The Bertz CT molecular complexity index is 753. The minimum atomic E-state index is -0.983. The molecule has 0 aliphatic heterocycles. The van der Waals surface area contributed by atoms with Crippen molar-refractivity contribution in [2.24, 2.45) is 4.99 Å². The monoisotopic (exact) mass is 528 g/mol. The van der Waals surface area contributed by atoms with Crippen LogP contribution in [0.4, 0.5) is 0 Å². The molecule has 0 amide bonds. The van der Waals surface area contributed by atoms with Crippen molar-refractivity contribution >= 4 is 41.3 Å². The van der Waals surface area contributed by atoms with Crippen LogP contribution in [-0.2, 0) is 24.9 Å². The number of aryl methyl sites for hydroxylation is 3. The predicted octanol–water partition coefficient (Wildman–Crippen LogP) is 4.04. The highest BCUT2D eigenvalue weighted by atomic mass is 127. The van der Waals surface area contributed by atoms with Crippen molar-refractivity contribution in [2.75, 3.05) is 19.6 Å². The van der Waals surface area contributed by atoms with Gasteiger partial charge in [-0.3, -0.25) is 0 Å². The molecule has 7 heteroatoms. The number of fused-ring (bicyclic) bond motifs is 1. The van der Waals surface area contributed by atoms with Crippen molar-refractivity contribution < 1.29 is 5.11 Å². The van der Waals surface area contributed by atoms with Gasteiger partial charge in [0, 0.05) is 24.4 Å². The van der Waals surface area contributed by atoms with Crippen LogP contribution in [-0.4, -0.2) is 35.7 Å². The molecular weight excluding hydrogens is 495 g/mol. The fourth-order valence-corrected chi connectivity index (χ4v) is 4.62. The van der Waals surface area contributed by atoms with Crippen LogP contribution in [0.3, 0.4) is 0 Å². The van der Waals surface area contributed by atoms with Crippen molar-refractivity contribution in [3.8, 4) is 0 Å². The molecule has 0 bridgehead atoms. The van der Waals surface area contributed by atoms with Gasteiger partial charge in [0.1, 0.15) is 5.60 Å². The first-order chi connectivity index (χ1) is 13.6. The SMILES string of the molecule is CCNC(=NCC(C)(O)c1ccccc1)NCCCc1nc2c(s1)CCCC2.I. The van der Waals surface area contributed by atoms with E-state index in [2.05, 4.69) is 15.6 Å². The zero-order chi connectivity index (χ0) is 19.8. The fourth-order valence-electron chi connectivity index (χ4n) is 3.42. The molecule has 0 spiro atoms. The summed E-state index contributed by atoms with van der Waals surface area (Å²) in [6.07, 6.45) is 6.99. The lowest BCUT2D eigenvalue weighted by Crippen LogP contribution is -2.39. The quantitative estimate of drug-likeness (QED) is 0.210. The van der Waals surface area contributed by atoms with Gasteiger partial charge in [0.05, 0.1) is 17.2 Å². The number of hydrogen-bond donors (Lipinski definition) is 3. The molecule has 29 heavy (non-hydrogen) atoms. The molecule has 5 nitrogen and oxygen atoms in total. The van der Waals surface area contributed by atoms with Gasteiger partial charge < -0.3 is 15.7 Å². The second kappa shape index (κ2) is 11.9. The minimum Gasteiger partial charge on any atom is -0.384 e. The zero-order valence-corrected chi connectivity index (χ0v) is 20.6. The minimum absolute atomic E-state index is 0. The molecule has 0 saturated carbocycles. The van der Waals surface area contributed by atoms with Crippen LogP contribution in [0, 0.1) is 0 Å². The summed E-state index contributed by atoms with van der Waals surface area (Å²) in [5.41, 5.74) is 1.24. The number of aromatic nitrogens is 1. The molecule has 1 aromatic carbocycles. The first-order valence-electron chi connectivity index (χ1n) is 10.4. The summed E-state index contributed by atoms with van der Waals surface area (Å²) < 4.78 is 0. The smallest absolute Gasteiger partial charge is 0.191 e. The van der Waals surface area contributed by atoms with E-state index < -0.39 is 5.60 Å². The Morgan fingerprint density at radius 2 is 1.97 bits per heavy atom. The van der Waals surface area contributed by atoms with Crippen LogP contribution >= 0.6 is 35.3 Å². The van der Waals surface area contributed by atoms with Gasteiger partial charge in [0.25, 0.3) is 0 Å². The summed E-state index contributed by atoms with van der Waals surface area (Å²) in [7, 11) is 0. The van der Waals surface area contributed by atoms with E-state index in [1.165, 1.54) is 34.8 Å². The molecule has 0 saturated heterocycles. The van der Waals surface area contributed by atoms with Gasteiger partial charge in [0.2, 0.25) is 0 Å². The van der Waals surface area contributed by atoms with Crippen molar-refractivity contribution in [3.63, 3.8) is 0 Å². The van der Waals surface area contributed by atoms with Crippen molar-refractivity contribution in [1.29, 1.82) is 0 Å². The van der Waals surface area contributed by atoms with E-state index in [-0.39, 0.29) is 24.0 Å². The molecule has 1 atom stereocenters. The number of aliphatic imine (C=N–C) groups is 1. The van der Waals surface area contributed by atoms with E-state index in [1.54, 1.807) is 6.92 Å². The topological polar surface area (TPSA) is 69.5 Å². The van der Waals surface area contributed by atoms with Gasteiger partial charge in [-0.25, -0.2) is 9.98 Å². The molecule has 3 N–H and O–H groups in total. The number of nitrogens with zero attached hydrogens (tertiary/aromatic N) is 2. The van der Waals surface area contributed by atoms with Crippen molar-refractivity contribution in [3.05, 3.63) is 51.5 Å². The lowest BCUT2D eigenvalue weighted by molar-refractivity contribution is 0.0672. The Morgan fingerprint density at radius 3 is 2.69 bits per heavy atom. The molecule has 1 unspecified atom stereocenters. The molecule has 3 rings (SSSR count). The van der Waals surface area contributed by atoms with Gasteiger partial charge in [-0.2, -0.15) is 0 Å². The van der Waals surface area contributed by atoms with E-state index in [0.29, 0.717) is 6.54 Å². The van der Waals surface area contributed by atoms with Gasteiger partial charge in [-0.05, 0) is 51.5 Å². The van der Waals surface area contributed by atoms with E-state index in [9.17, 15) is 5.11 Å². The van der Waals surface area contributed by atoms with Crippen molar-refractivity contribution in [1.82, 2.24) is 15.6 Å².